The lowest BCUT2D eigenvalue weighted by atomic mass is 9.96. The van der Waals surface area contributed by atoms with Crippen LogP contribution in [0.4, 0.5) is 4.39 Å². The molecule has 5 heteroatoms. The van der Waals surface area contributed by atoms with Crippen molar-refractivity contribution < 1.29 is 14.3 Å². The van der Waals surface area contributed by atoms with Gasteiger partial charge in [0.25, 0.3) is 0 Å². The molecule has 0 spiro atoms. The highest BCUT2D eigenvalue weighted by Crippen LogP contribution is 2.26. The van der Waals surface area contributed by atoms with Crippen LogP contribution >= 0.6 is 0 Å². The largest absolute Gasteiger partial charge is 0.396 e. The maximum Gasteiger partial charge on any atom is 0.222 e. The number of aliphatic hydroxyl groups is 1. The van der Waals surface area contributed by atoms with Crippen LogP contribution in [0.15, 0.2) is 24.3 Å². The fraction of sp³-hybridized carbons (Fsp3) is 0.650. The first kappa shape index (κ1) is 18.3. The summed E-state index contributed by atoms with van der Waals surface area (Å²) in [5.41, 5.74) is 1.07. The quantitative estimate of drug-likeness (QED) is 0.822. The molecule has 0 aliphatic carbocycles. The topological polar surface area (TPSA) is 43.8 Å². The van der Waals surface area contributed by atoms with Gasteiger partial charge in [-0.05, 0) is 62.4 Å². The van der Waals surface area contributed by atoms with E-state index in [0.29, 0.717) is 18.9 Å². The predicted molar refractivity (Wildman–Crippen MR) is 95.7 cm³/mol. The van der Waals surface area contributed by atoms with Gasteiger partial charge in [-0.3, -0.25) is 4.79 Å². The van der Waals surface area contributed by atoms with Gasteiger partial charge in [-0.2, -0.15) is 0 Å². The van der Waals surface area contributed by atoms with Crippen molar-refractivity contribution in [1.82, 2.24) is 9.80 Å². The molecule has 2 fully saturated rings. The second-order valence-electron chi connectivity index (χ2n) is 7.49. The molecule has 0 saturated carbocycles. The van der Waals surface area contributed by atoms with E-state index in [1.54, 1.807) is 12.1 Å². The van der Waals surface area contributed by atoms with Crippen LogP contribution in [0.5, 0.6) is 0 Å². The molecule has 1 aromatic rings. The molecule has 4 nitrogen and oxygen atoms in total. The average molecular weight is 348 g/mol. The Hall–Kier alpha value is -1.46. The number of benzene rings is 1. The number of carbonyl (C=O) groups is 1. The third-order valence-corrected chi connectivity index (χ3v) is 5.62. The molecule has 2 atom stereocenters. The Morgan fingerprint density at radius 1 is 1.12 bits per heavy atom. The number of hydrogen-bond acceptors (Lipinski definition) is 3. The average Bonchev–Trinajstić information content (AvgIpc) is 3.26. The Balaban J connectivity index is 1.44. The van der Waals surface area contributed by atoms with E-state index in [1.807, 2.05) is 4.90 Å². The van der Waals surface area contributed by atoms with Gasteiger partial charge in [-0.25, -0.2) is 4.39 Å². The Labute approximate surface area is 149 Å². The van der Waals surface area contributed by atoms with Crippen LogP contribution in [0.1, 0.15) is 31.2 Å². The van der Waals surface area contributed by atoms with Crippen molar-refractivity contribution in [2.24, 2.45) is 11.8 Å². The highest BCUT2D eigenvalue weighted by molar-refractivity contribution is 5.76. The third kappa shape index (κ3) is 5.02. The second-order valence-corrected chi connectivity index (χ2v) is 7.49. The summed E-state index contributed by atoms with van der Waals surface area (Å²) in [4.78, 5) is 16.9. The van der Waals surface area contributed by atoms with Crippen molar-refractivity contribution in [2.75, 3.05) is 39.3 Å². The molecule has 1 aromatic carbocycles. The van der Waals surface area contributed by atoms with Gasteiger partial charge in [0.15, 0.2) is 0 Å². The number of aryl methyl sites for hydroxylation is 1. The van der Waals surface area contributed by atoms with Crippen molar-refractivity contribution in [1.29, 1.82) is 0 Å². The summed E-state index contributed by atoms with van der Waals surface area (Å²) in [6, 6.07) is 6.49. The van der Waals surface area contributed by atoms with Crippen molar-refractivity contribution >= 4 is 5.91 Å². The molecule has 3 rings (SSSR count). The number of aliphatic hydroxyl groups excluding tert-OH is 1. The van der Waals surface area contributed by atoms with Crippen LogP contribution in [-0.2, 0) is 11.2 Å². The van der Waals surface area contributed by atoms with Gasteiger partial charge in [0.1, 0.15) is 5.82 Å². The Morgan fingerprint density at radius 3 is 2.48 bits per heavy atom. The molecule has 0 radical (unpaired) electrons. The minimum absolute atomic E-state index is 0.165. The minimum atomic E-state index is -0.226. The van der Waals surface area contributed by atoms with Gasteiger partial charge in [0, 0.05) is 38.6 Å². The summed E-state index contributed by atoms with van der Waals surface area (Å²) in [6.45, 7) is 4.93. The zero-order chi connectivity index (χ0) is 17.6. The summed E-state index contributed by atoms with van der Waals surface area (Å²) in [7, 11) is 0. The normalized spacial score (nSPS) is 24.2. The summed E-state index contributed by atoms with van der Waals surface area (Å²) in [5.74, 6) is 0.561. The van der Waals surface area contributed by atoms with E-state index in [2.05, 4.69) is 4.90 Å². The lowest BCUT2D eigenvalue weighted by molar-refractivity contribution is -0.130. The molecule has 2 aliphatic rings. The smallest absolute Gasteiger partial charge is 0.222 e. The van der Waals surface area contributed by atoms with E-state index >= 15 is 0 Å². The number of hydrogen-bond donors (Lipinski definition) is 1. The maximum atomic E-state index is 12.9. The highest BCUT2D eigenvalue weighted by atomic mass is 19.1. The molecule has 2 heterocycles. The zero-order valence-electron chi connectivity index (χ0n) is 14.9. The molecule has 1 N–H and O–H groups in total. The molecule has 1 amide bonds. The van der Waals surface area contributed by atoms with E-state index in [0.717, 1.165) is 44.6 Å². The van der Waals surface area contributed by atoms with Crippen molar-refractivity contribution in [2.45, 2.75) is 32.1 Å². The first-order valence-electron chi connectivity index (χ1n) is 9.51. The molecular weight excluding hydrogens is 319 g/mol. The maximum absolute atomic E-state index is 12.9. The first-order chi connectivity index (χ1) is 12.2. The van der Waals surface area contributed by atoms with Crippen molar-refractivity contribution in [3.63, 3.8) is 0 Å². The van der Waals surface area contributed by atoms with Gasteiger partial charge >= 0.3 is 0 Å². The standard InChI is InChI=1S/C20H29FN2O2/c21-19-8-6-16(7-9-19)4-3-5-20(25)23-13-17(18(14-23)15-24)12-22-10-1-2-11-22/h6-9,17-18,24H,1-5,10-15H2/t17-,18-/m1/s1. The molecular formula is C20H29FN2O2. The number of amides is 1. The van der Waals surface area contributed by atoms with E-state index < -0.39 is 0 Å². The second kappa shape index (κ2) is 8.77. The van der Waals surface area contributed by atoms with Crippen LogP contribution in [0.3, 0.4) is 0 Å². The minimum Gasteiger partial charge on any atom is -0.396 e. The van der Waals surface area contributed by atoms with Crippen LogP contribution in [0.2, 0.25) is 0 Å². The van der Waals surface area contributed by atoms with E-state index in [1.165, 1.54) is 25.0 Å². The number of halogens is 1. The Morgan fingerprint density at radius 2 is 1.80 bits per heavy atom. The van der Waals surface area contributed by atoms with Crippen LogP contribution in [0.25, 0.3) is 0 Å². The summed E-state index contributed by atoms with van der Waals surface area (Å²) < 4.78 is 12.9. The molecule has 0 unspecified atom stereocenters. The number of nitrogens with zero attached hydrogens (tertiary/aromatic N) is 2. The zero-order valence-corrected chi connectivity index (χ0v) is 14.9. The third-order valence-electron chi connectivity index (χ3n) is 5.62. The van der Waals surface area contributed by atoms with Crippen LogP contribution in [0, 0.1) is 17.7 Å². The lowest BCUT2D eigenvalue weighted by Crippen LogP contribution is -2.32. The fourth-order valence-electron chi connectivity index (χ4n) is 4.11. The SMILES string of the molecule is O=C(CCCc1ccc(F)cc1)N1C[C@@H](CN2CCCC2)[C@@H](CO)C1. The van der Waals surface area contributed by atoms with E-state index in [-0.39, 0.29) is 24.2 Å². The van der Waals surface area contributed by atoms with Gasteiger partial charge in [0.2, 0.25) is 5.91 Å². The number of likely N-dealkylation sites (tertiary alicyclic amines) is 2. The number of carbonyl (C=O) groups excluding carboxylic acids is 1. The van der Waals surface area contributed by atoms with Gasteiger partial charge in [-0.1, -0.05) is 12.1 Å². The van der Waals surface area contributed by atoms with Gasteiger partial charge in [-0.15, -0.1) is 0 Å². The predicted octanol–water partition coefficient (Wildman–Crippen LogP) is 2.31. The molecule has 0 bridgehead atoms. The molecule has 138 valence electrons. The van der Waals surface area contributed by atoms with E-state index in [4.69, 9.17) is 0 Å². The highest BCUT2D eigenvalue weighted by Gasteiger charge is 2.35. The van der Waals surface area contributed by atoms with Gasteiger partial charge < -0.3 is 14.9 Å². The van der Waals surface area contributed by atoms with Crippen LogP contribution < -0.4 is 0 Å². The van der Waals surface area contributed by atoms with Crippen molar-refractivity contribution in [3.05, 3.63) is 35.6 Å². The Kier molecular flexibility index (Phi) is 6.43. The first-order valence-corrected chi connectivity index (χ1v) is 9.51. The number of rotatable bonds is 7. The summed E-state index contributed by atoms with van der Waals surface area (Å²) in [5, 5.41) is 9.67. The molecule has 2 aliphatic heterocycles. The fourth-order valence-corrected chi connectivity index (χ4v) is 4.11. The Bertz CT molecular complexity index is 557. The summed E-state index contributed by atoms with van der Waals surface area (Å²) in [6.07, 6.45) is 4.62. The molecule has 0 aromatic heterocycles. The van der Waals surface area contributed by atoms with Crippen molar-refractivity contribution in [3.8, 4) is 0 Å². The monoisotopic (exact) mass is 348 g/mol. The van der Waals surface area contributed by atoms with Gasteiger partial charge in [0.05, 0.1) is 0 Å². The molecule has 25 heavy (non-hydrogen) atoms. The lowest BCUT2D eigenvalue weighted by Gasteiger charge is -2.22. The summed E-state index contributed by atoms with van der Waals surface area (Å²) >= 11 is 0. The van der Waals surface area contributed by atoms with E-state index in [9.17, 15) is 14.3 Å². The van der Waals surface area contributed by atoms with Crippen LogP contribution in [-0.4, -0.2) is 60.1 Å². The molecule has 2 saturated heterocycles.